The molecule has 22 heavy (non-hydrogen) atoms. The Labute approximate surface area is 141 Å². The van der Waals surface area contributed by atoms with Crippen molar-refractivity contribution in [2.24, 2.45) is 5.92 Å². The molecule has 0 aromatic heterocycles. The van der Waals surface area contributed by atoms with E-state index in [4.69, 9.17) is 23.2 Å². The van der Waals surface area contributed by atoms with Crippen LogP contribution in [0, 0.1) is 5.92 Å². The van der Waals surface area contributed by atoms with E-state index in [2.05, 4.69) is 20.8 Å². The number of hydrogen-bond donors (Lipinski definition) is 2. The molecule has 4 heteroatoms. The minimum absolute atomic E-state index is 0.0701. The van der Waals surface area contributed by atoms with Gasteiger partial charge in [-0.2, -0.15) is 0 Å². The number of aromatic hydroxyl groups is 2. The van der Waals surface area contributed by atoms with E-state index in [1.54, 1.807) is 24.3 Å². The molecule has 2 aromatic rings. The maximum absolute atomic E-state index is 9.67. The molecule has 0 aliphatic carbocycles. The van der Waals surface area contributed by atoms with Gasteiger partial charge in [0, 0.05) is 5.41 Å². The second-order valence-corrected chi connectivity index (χ2v) is 6.66. The van der Waals surface area contributed by atoms with Crippen molar-refractivity contribution in [3.05, 3.63) is 57.6 Å². The summed E-state index contributed by atoms with van der Waals surface area (Å²) in [6.45, 7) is 6.43. The van der Waals surface area contributed by atoms with Crippen LogP contribution in [0.15, 0.2) is 36.4 Å². The van der Waals surface area contributed by atoms with Crippen LogP contribution >= 0.6 is 23.2 Å². The molecule has 0 heterocycles. The molecule has 2 N–H and O–H groups in total. The summed E-state index contributed by atoms with van der Waals surface area (Å²) in [6.07, 6.45) is 0.966. The lowest BCUT2D eigenvalue weighted by Crippen LogP contribution is -2.31. The maximum Gasteiger partial charge on any atom is 0.134 e. The van der Waals surface area contributed by atoms with E-state index in [1.807, 2.05) is 12.1 Å². The van der Waals surface area contributed by atoms with E-state index in [0.717, 1.165) is 17.5 Å². The monoisotopic (exact) mass is 338 g/mol. The number of hydrogen-bond acceptors (Lipinski definition) is 2. The fraction of sp³-hybridized carbons (Fsp3) is 0.333. The third kappa shape index (κ3) is 2.90. The smallest absolute Gasteiger partial charge is 0.134 e. The van der Waals surface area contributed by atoms with Crippen LogP contribution in [-0.2, 0) is 5.41 Å². The van der Waals surface area contributed by atoms with Crippen LogP contribution in [0.4, 0.5) is 0 Å². The van der Waals surface area contributed by atoms with Gasteiger partial charge in [0.05, 0.1) is 10.0 Å². The molecule has 2 nitrogen and oxygen atoms in total. The average molecular weight is 339 g/mol. The number of halogens is 2. The lowest BCUT2D eigenvalue weighted by molar-refractivity contribution is 0.362. The lowest BCUT2D eigenvalue weighted by Gasteiger charge is -2.37. The number of benzene rings is 2. The fourth-order valence-electron chi connectivity index (χ4n) is 2.80. The van der Waals surface area contributed by atoms with Gasteiger partial charge in [0.1, 0.15) is 11.5 Å². The first-order valence-corrected chi connectivity index (χ1v) is 8.04. The number of phenols is 2. The van der Waals surface area contributed by atoms with Crippen molar-refractivity contribution >= 4 is 23.2 Å². The van der Waals surface area contributed by atoms with E-state index in [-0.39, 0.29) is 16.9 Å². The van der Waals surface area contributed by atoms with Crippen LogP contribution in [0.1, 0.15) is 38.3 Å². The zero-order chi connectivity index (χ0) is 16.5. The van der Waals surface area contributed by atoms with Crippen LogP contribution in [0.5, 0.6) is 11.5 Å². The van der Waals surface area contributed by atoms with Crippen LogP contribution < -0.4 is 0 Å². The molecule has 2 rings (SSSR count). The van der Waals surface area contributed by atoms with Crippen LogP contribution in [-0.4, -0.2) is 10.2 Å². The first-order valence-electron chi connectivity index (χ1n) is 7.28. The van der Waals surface area contributed by atoms with Crippen molar-refractivity contribution in [2.75, 3.05) is 0 Å². The van der Waals surface area contributed by atoms with Crippen molar-refractivity contribution in [3.8, 4) is 11.5 Å². The largest absolute Gasteiger partial charge is 0.506 e. The second-order valence-electron chi connectivity index (χ2n) is 5.84. The predicted molar refractivity (Wildman–Crippen MR) is 92.1 cm³/mol. The first-order chi connectivity index (χ1) is 10.3. The highest BCUT2D eigenvalue weighted by atomic mass is 35.5. The van der Waals surface area contributed by atoms with E-state index >= 15 is 0 Å². The summed E-state index contributed by atoms with van der Waals surface area (Å²) in [7, 11) is 0. The minimum Gasteiger partial charge on any atom is -0.506 e. The lowest BCUT2D eigenvalue weighted by atomic mass is 9.67. The van der Waals surface area contributed by atoms with Crippen molar-refractivity contribution in [1.29, 1.82) is 0 Å². The molecule has 1 atom stereocenters. The Kier molecular flexibility index (Phi) is 4.93. The highest BCUT2D eigenvalue weighted by molar-refractivity contribution is 6.32. The standard InChI is InChI=1S/C18H20Cl2O2/c1-4-11(2)18(3,12-5-7-16(21)14(19)9-12)13-6-8-17(22)15(20)10-13/h5-11,21-22H,4H2,1-3H3. The van der Waals surface area contributed by atoms with Crippen molar-refractivity contribution in [3.63, 3.8) is 0 Å². The van der Waals surface area contributed by atoms with Crippen LogP contribution in [0.2, 0.25) is 10.0 Å². The number of rotatable bonds is 4. The van der Waals surface area contributed by atoms with Gasteiger partial charge in [-0.05, 0) is 41.3 Å². The highest BCUT2D eigenvalue weighted by Crippen LogP contribution is 2.44. The number of phenolic OH excluding ortho intramolecular Hbond substituents is 2. The maximum atomic E-state index is 9.67. The topological polar surface area (TPSA) is 40.5 Å². The normalized spacial score (nSPS) is 13.1. The summed E-state index contributed by atoms with van der Waals surface area (Å²) in [6, 6.07) is 10.6. The quantitative estimate of drug-likeness (QED) is 0.744. The molecular weight excluding hydrogens is 319 g/mol. The van der Waals surface area contributed by atoms with Crippen LogP contribution in [0.25, 0.3) is 0 Å². The highest BCUT2D eigenvalue weighted by Gasteiger charge is 2.35. The molecule has 1 unspecified atom stereocenters. The second kappa shape index (κ2) is 6.39. The molecule has 0 saturated carbocycles. The molecule has 0 fully saturated rings. The van der Waals surface area contributed by atoms with Gasteiger partial charge in [-0.1, -0.05) is 62.5 Å². The fourth-order valence-corrected chi connectivity index (χ4v) is 3.16. The van der Waals surface area contributed by atoms with Gasteiger partial charge in [0.25, 0.3) is 0 Å². The molecule has 0 aliphatic heterocycles. The van der Waals surface area contributed by atoms with Gasteiger partial charge in [-0.3, -0.25) is 0 Å². The third-order valence-electron chi connectivity index (χ3n) is 4.69. The zero-order valence-electron chi connectivity index (χ0n) is 12.9. The first kappa shape index (κ1) is 17.0. The van der Waals surface area contributed by atoms with Gasteiger partial charge < -0.3 is 10.2 Å². The average Bonchev–Trinajstić information content (AvgIpc) is 2.51. The van der Waals surface area contributed by atoms with Gasteiger partial charge >= 0.3 is 0 Å². The van der Waals surface area contributed by atoms with E-state index in [9.17, 15) is 10.2 Å². The Morgan fingerprint density at radius 3 is 1.68 bits per heavy atom. The van der Waals surface area contributed by atoms with Gasteiger partial charge in [-0.15, -0.1) is 0 Å². The van der Waals surface area contributed by atoms with Crippen molar-refractivity contribution in [1.82, 2.24) is 0 Å². The molecular formula is C18H20Cl2O2. The molecule has 0 aliphatic rings. The molecule has 0 spiro atoms. The molecule has 2 aromatic carbocycles. The van der Waals surface area contributed by atoms with Gasteiger partial charge in [-0.25, -0.2) is 0 Å². The summed E-state index contributed by atoms with van der Waals surface area (Å²) in [5, 5.41) is 20.0. The Balaban J connectivity index is 2.66. The van der Waals surface area contributed by atoms with Gasteiger partial charge in [0.2, 0.25) is 0 Å². The van der Waals surface area contributed by atoms with Crippen LogP contribution in [0.3, 0.4) is 0 Å². The Hall–Kier alpha value is -1.38. The molecule has 0 radical (unpaired) electrons. The van der Waals surface area contributed by atoms with Gasteiger partial charge in [0.15, 0.2) is 0 Å². The molecule has 118 valence electrons. The Morgan fingerprint density at radius 2 is 1.36 bits per heavy atom. The summed E-state index contributed by atoms with van der Waals surface area (Å²) < 4.78 is 0. The van der Waals surface area contributed by atoms with E-state index in [0.29, 0.717) is 16.0 Å². The van der Waals surface area contributed by atoms with Crippen molar-refractivity contribution < 1.29 is 10.2 Å². The third-order valence-corrected chi connectivity index (χ3v) is 5.30. The predicted octanol–water partition coefficient (Wildman–Crippen LogP) is 5.76. The van der Waals surface area contributed by atoms with Crippen molar-refractivity contribution in [2.45, 2.75) is 32.6 Å². The van der Waals surface area contributed by atoms with E-state index in [1.165, 1.54) is 0 Å². The SMILES string of the molecule is CCC(C)C(C)(c1ccc(O)c(Cl)c1)c1ccc(O)c(Cl)c1. The summed E-state index contributed by atoms with van der Waals surface area (Å²) in [5.74, 6) is 0.454. The van der Waals surface area contributed by atoms with E-state index < -0.39 is 0 Å². The molecule has 0 saturated heterocycles. The molecule has 0 amide bonds. The minimum atomic E-state index is -0.330. The molecule has 0 bridgehead atoms. The zero-order valence-corrected chi connectivity index (χ0v) is 14.4. The summed E-state index contributed by atoms with van der Waals surface area (Å²) in [4.78, 5) is 0. The summed E-state index contributed by atoms with van der Waals surface area (Å²) in [5.41, 5.74) is 1.68. The Morgan fingerprint density at radius 1 is 0.955 bits per heavy atom. The summed E-state index contributed by atoms with van der Waals surface area (Å²) >= 11 is 12.2. The Bertz CT molecular complexity index is 631.